The largest absolute Gasteiger partial charge is 0.447 e. The lowest BCUT2D eigenvalue weighted by Gasteiger charge is -2.22. The van der Waals surface area contributed by atoms with Gasteiger partial charge in [-0.2, -0.15) is 18.2 Å². The number of ether oxygens (including phenoxy) is 1. The predicted octanol–water partition coefficient (Wildman–Crippen LogP) is 5.43. The maximum absolute atomic E-state index is 13.9. The number of amides is 1. The number of anilines is 2. The second-order valence-corrected chi connectivity index (χ2v) is 8.60. The molecule has 0 saturated carbocycles. The van der Waals surface area contributed by atoms with E-state index in [0.717, 1.165) is 16.5 Å². The van der Waals surface area contributed by atoms with E-state index in [2.05, 4.69) is 25.3 Å². The number of hydrogen-bond acceptors (Lipinski definition) is 7. The maximum Gasteiger partial charge on any atom is 0.433 e. The topological polar surface area (TPSA) is 93.1 Å². The zero-order chi connectivity index (χ0) is 26.2. The highest BCUT2D eigenvalue weighted by Crippen LogP contribution is 2.33. The first kappa shape index (κ1) is 25.3. The van der Waals surface area contributed by atoms with Crippen LogP contribution in [0.15, 0.2) is 36.7 Å². The molecule has 0 aromatic carbocycles. The third-order valence-corrected chi connectivity index (χ3v) is 5.80. The first-order valence-corrected chi connectivity index (χ1v) is 11.2. The van der Waals surface area contributed by atoms with E-state index in [0.29, 0.717) is 16.8 Å². The van der Waals surface area contributed by atoms with E-state index in [1.54, 1.807) is 19.1 Å². The minimum Gasteiger partial charge on any atom is -0.447 e. The number of rotatable bonds is 6. The average Bonchev–Trinajstić information content (AvgIpc) is 3.20. The highest BCUT2D eigenvalue weighted by Gasteiger charge is 2.39. The summed E-state index contributed by atoms with van der Waals surface area (Å²) < 4.78 is 58.5. The number of hydrogen-bond donors (Lipinski definition) is 1. The van der Waals surface area contributed by atoms with E-state index in [-0.39, 0.29) is 30.1 Å². The van der Waals surface area contributed by atoms with Crippen LogP contribution >= 0.6 is 0 Å². The molecule has 190 valence electrons. The molecule has 4 heterocycles. The molecule has 12 heteroatoms. The van der Waals surface area contributed by atoms with Crippen molar-refractivity contribution < 1.29 is 27.1 Å². The van der Waals surface area contributed by atoms with Crippen molar-refractivity contribution in [2.24, 2.45) is 0 Å². The van der Waals surface area contributed by atoms with Gasteiger partial charge < -0.3 is 10.1 Å². The Morgan fingerprint density at radius 1 is 1.14 bits per heavy atom. The Hall–Kier alpha value is -3.83. The van der Waals surface area contributed by atoms with Gasteiger partial charge in [0.05, 0.1) is 11.7 Å². The number of halogens is 4. The Balaban J connectivity index is 1.55. The van der Waals surface area contributed by atoms with Gasteiger partial charge in [0.1, 0.15) is 30.3 Å². The van der Waals surface area contributed by atoms with Gasteiger partial charge in [-0.05, 0) is 63.1 Å². The molecule has 1 aliphatic heterocycles. The molecule has 0 radical (unpaired) electrons. The summed E-state index contributed by atoms with van der Waals surface area (Å²) >= 11 is 0. The first-order chi connectivity index (χ1) is 16.9. The summed E-state index contributed by atoms with van der Waals surface area (Å²) in [5.74, 6) is 0.387. The van der Waals surface area contributed by atoms with Crippen LogP contribution in [0.25, 0.3) is 11.1 Å². The van der Waals surface area contributed by atoms with E-state index in [1.807, 2.05) is 6.92 Å². The Morgan fingerprint density at radius 2 is 1.89 bits per heavy atom. The summed E-state index contributed by atoms with van der Waals surface area (Å²) in [5.41, 5.74) is 1.54. The van der Waals surface area contributed by atoms with Crippen LogP contribution in [0.2, 0.25) is 0 Å². The zero-order valence-corrected chi connectivity index (χ0v) is 20.0. The van der Waals surface area contributed by atoms with Crippen molar-refractivity contribution in [3.8, 4) is 11.1 Å². The third-order valence-electron chi connectivity index (χ3n) is 5.80. The Kier molecular flexibility index (Phi) is 6.79. The van der Waals surface area contributed by atoms with Crippen LogP contribution in [0, 0.1) is 13.8 Å². The molecule has 1 N–H and O–H groups in total. The molecule has 3 atom stereocenters. The lowest BCUT2D eigenvalue weighted by molar-refractivity contribution is -0.141. The molecule has 4 rings (SSSR count). The van der Waals surface area contributed by atoms with Crippen LogP contribution in [0.1, 0.15) is 42.5 Å². The van der Waals surface area contributed by atoms with Gasteiger partial charge in [0.15, 0.2) is 0 Å². The molecule has 0 aliphatic carbocycles. The predicted molar refractivity (Wildman–Crippen MR) is 124 cm³/mol. The second kappa shape index (κ2) is 9.67. The van der Waals surface area contributed by atoms with Crippen molar-refractivity contribution in [2.75, 3.05) is 16.8 Å². The summed E-state index contributed by atoms with van der Waals surface area (Å²) in [6.45, 7) is 6.37. The van der Waals surface area contributed by atoms with E-state index in [4.69, 9.17) is 4.74 Å². The molecule has 36 heavy (non-hydrogen) atoms. The van der Waals surface area contributed by atoms with Crippen molar-refractivity contribution in [3.05, 3.63) is 59.3 Å². The number of pyridine rings is 2. The van der Waals surface area contributed by atoms with Crippen LogP contribution in [-0.2, 0) is 10.9 Å². The molecule has 1 aliphatic rings. The molecule has 0 spiro atoms. The number of carbonyl (C=O) groups excluding carboxylic acids is 1. The molecular weight excluding hydrogens is 480 g/mol. The Morgan fingerprint density at radius 3 is 2.56 bits per heavy atom. The van der Waals surface area contributed by atoms with Gasteiger partial charge in [-0.15, -0.1) is 0 Å². The monoisotopic (exact) mass is 504 g/mol. The van der Waals surface area contributed by atoms with Crippen LogP contribution in [-0.4, -0.2) is 44.8 Å². The minimum atomic E-state index is -4.55. The fourth-order valence-corrected chi connectivity index (χ4v) is 3.94. The molecule has 3 aromatic heterocycles. The van der Waals surface area contributed by atoms with E-state index in [1.165, 1.54) is 32.3 Å². The van der Waals surface area contributed by atoms with Gasteiger partial charge in [0.2, 0.25) is 5.95 Å². The average molecular weight is 504 g/mol. The fourth-order valence-electron chi connectivity index (χ4n) is 3.94. The Labute approximate surface area is 204 Å². The molecule has 1 saturated heterocycles. The van der Waals surface area contributed by atoms with Crippen molar-refractivity contribution in [1.82, 2.24) is 19.9 Å². The molecule has 0 bridgehead atoms. The molecule has 1 amide bonds. The van der Waals surface area contributed by atoms with Crippen LogP contribution in [0.3, 0.4) is 0 Å². The molecular formula is C24H24F4N6O2. The number of aryl methyl sites for hydroxylation is 2. The number of nitrogens with one attached hydrogen (secondary N) is 1. The summed E-state index contributed by atoms with van der Waals surface area (Å²) in [7, 11) is 0. The van der Waals surface area contributed by atoms with Crippen molar-refractivity contribution in [2.45, 2.75) is 52.1 Å². The molecule has 1 fully saturated rings. The highest BCUT2D eigenvalue weighted by atomic mass is 19.4. The SMILES string of the molecule is Cc1cc(-c2cnc(C(C)Nc3nccc(N4C(=O)OCC4C(C)F)n3)cc2C)cc(C(F)(F)F)n1. The summed E-state index contributed by atoms with van der Waals surface area (Å²) in [5, 5.41) is 3.09. The summed E-state index contributed by atoms with van der Waals surface area (Å²) in [6, 6.07) is 4.66. The molecule has 8 nitrogen and oxygen atoms in total. The third kappa shape index (κ3) is 5.21. The normalized spacial score (nSPS) is 17.6. The second-order valence-electron chi connectivity index (χ2n) is 8.60. The van der Waals surface area contributed by atoms with Crippen LogP contribution in [0.4, 0.5) is 34.1 Å². The fraction of sp³-hybridized carbons (Fsp3) is 0.375. The number of alkyl halides is 4. The molecule has 3 aromatic rings. The van der Waals surface area contributed by atoms with E-state index in [9.17, 15) is 22.4 Å². The lowest BCUT2D eigenvalue weighted by atomic mass is 10.0. The van der Waals surface area contributed by atoms with Crippen molar-refractivity contribution >= 4 is 17.9 Å². The van der Waals surface area contributed by atoms with Gasteiger partial charge in [-0.1, -0.05) is 0 Å². The summed E-state index contributed by atoms with van der Waals surface area (Å²) in [4.78, 5) is 29.8. The van der Waals surface area contributed by atoms with E-state index >= 15 is 0 Å². The highest BCUT2D eigenvalue weighted by molar-refractivity contribution is 5.89. The van der Waals surface area contributed by atoms with Gasteiger partial charge in [-0.3, -0.25) is 9.88 Å². The van der Waals surface area contributed by atoms with Crippen LogP contribution in [0.5, 0.6) is 0 Å². The maximum atomic E-state index is 13.9. The number of cyclic esters (lactones) is 1. The molecule has 3 unspecified atom stereocenters. The quantitative estimate of drug-likeness (QED) is 0.448. The van der Waals surface area contributed by atoms with E-state index < -0.39 is 30.2 Å². The van der Waals surface area contributed by atoms with Crippen molar-refractivity contribution in [1.29, 1.82) is 0 Å². The number of aromatic nitrogens is 4. The van der Waals surface area contributed by atoms with Crippen molar-refractivity contribution in [3.63, 3.8) is 0 Å². The number of nitrogens with zero attached hydrogens (tertiary/aromatic N) is 5. The van der Waals surface area contributed by atoms with Crippen LogP contribution < -0.4 is 10.2 Å². The first-order valence-electron chi connectivity index (χ1n) is 11.2. The van der Waals surface area contributed by atoms with Gasteiger partial charge in [0.25, 0.3) is 0 Å². The lowest BCUT2D eigenvalue weighted by Crippen LogP contribution is -2.39. The van der Waals surface area contributed by atoms with Gasteiger partial charge >= 0.3 is 12.3 Å². The summed E-state index contributed by atoms with van der Waals surface area (Å²) in [6.07, 6.45) is -3.60. The minimum absolute atomic E-state index is 0.0727. The smallest absolute Gasteiger partial charge is 0.433 e. The Bertz CT molecular complexity index is 1280. The van der Waals surface area contributed by atoms with Gasteiger partial charge in [0, 0.05) is 23.7 Å². The zero-order valence-electron chi connectivity index (χ0n) is 20.0. The number of carbonyl (C=O) groups is 1. The van der Waals surface area contributed by atoms with Gasteiger partial charge in [-0.25, -0.2) is 19.2 Å². The standard InChI is InChI=1S/C24H24F4N6O2/c1-12-7-18(30-10-17(12)16-8-13(2)31-20(9-16)24(26,27)28)15(4)32-22-29-6-5-21(33-22)34-19(14(3)25)11-36-23(34)35/h5-10,14-15,19H,11H2,1-4H3,(H,29,32,33).